The van der Waals surface area contributed by atoms with Gasteiger partial charge in [0.25, 0.3) is 0 Å². The van der Waals surface area contributed by atoms with Crippen LogP contribution in [0.2, 0.25) is 0 Å². The highest BCUT2D eigenvalue weighted by molar-refractivity contribution is 7.98. The molecule has 0 saturated heterocycles. The van der Waals surface area contributed by atoms with Crippen molar-refractivity contribution in [1.29, 1.82) is 0 Å². The summed E-state index contributed by atoms with van der Waals surface area (Å²) in [4.78, 5) is 11.8. The first-order valence-corrected chi connectivity index (χ1v) is 8.24. The van der Waals surface area contributed by atoms with Gasteiger partial charge >= 0.3 is 0 Å². The fraction of sp³-hybridized carbons (Fsp3) is 0.562. The van der Waals surface area contributed by atoms with Crippen LogP contribution < -0.4 is 5.32 Å². The van der Waals surface area contributed by atoms with Crippen molar-refractivity contribution in [3.63, 3.8) is 0 Å². The second-order valence-electron chi connectivity index (χ2n) is 6.07. The Kier molecular flexibility index (Phi) is 5.08. The minimum atomic E-state index is -0.190. The second-order valence-corrected chi connectivity index (χ2v) is 7.17. The van der Waals surface area contributed by atoms with Crippen LogP contribution in [0.15, 0.2) is 24.3 Å². The molecule has 2 nitrogen and oxygen atoms in total. The SMILES string of the molecule is CC1(C)C[C@H]1C(=O)NCCCSCc1ccc(F)cc1. The van der Waals surface area contributed by atoms with Crippen LogP contribution >= 0.6 is 11.8 Å². The third-order valence-electron chi connectivity index (χ3n) is 3.78. The van der Waals surface area contributed by atoms with Crippen LogP contribution in [0, 0.1) is 17.2 Å². The van der Waals surface area contributed by atoms with E-state index in [0.29, 0.717) is 0 Å². The van der Waals surface area contributed by atoms with Crippen molar-refractivity contribution in [3.05, 3.63) is 35.6 Å². The molecule has 1 aromatic carbocycles. The molecule has 1 amide bonds. The Labute approximate surface area is 124 Å². The molecule has 0 unspecified atom stereocenters. The normalized spacial score (nSPS) is 19.6. The topological polar surface area (TPSA) is 29.1 Å². The van der Waals surface area contributed by atoms with Crippen LogP contribution in [0.25, 0.3) is 0 Å². The number of hydrogen-bond acceptors (Lipinski definition) is 2. The number of hydrogen-bond donors (Lipinski definition) is 1. The van der Waals surface area contributed by atoms with E-state index in [0.717, 1.165) is 36.5 Å². The van der Waals surface area contributed by atoms with Crippen LogP contribution in [0.3, 0.4) is 0 Å². The van der Waals surface area contributed by atoms with Crippen molar-refractivity contribution >= 4 is 17.7 Å². The molecule has 0 spiro atoms. The Hall–Kier alpha value is -1.03. The van der Waals surface area contributed by atoms with E-state index in [-0.39, 0.29) is 23.1 Å². The Balaban J connectivity index is 1.52. The molecule has 1 aromatic rings. The Bertz CT molecular complexity index is 458. The van der Waals surface area contributed by atoms with Gasteiger partial charge in [-0.15, -0.1) is 0 Å². The van der Waals surface area contributed by atoms with E-state index in [9.17, 15) is 9.18 Å². The summed E-state index contributed by atoms with van der Waals surface area (Å²) in [6.45, 7) is 5.02. The Morgan fingerprint density at radius 2 is 2.05 bits per heavy atom. The molecule has 0 aromatic heterocycles. The van der Waals surface area contributed by atoms with Gasteiger partial charge in [-0.05, 0) is 41.7 Å². The van der Waals surface area contributed by atoms with E-state index in [1.54, 1.807) is 0 Å². The summed E-state index contributed by atoms with van der Waals surface area (Å²) in [6.07, 6.45) is 1.99. The average Bonchev–Trinajstić information content (AvgIpc) is 3.05. The van der Waals surface area contributed by atoms with Gasteiger partial charge in [0.1, 0.15) is 5.82 Å². The highest BCUT2D eigenvalue weighted by Gasteiger charge is 2.50. The van der Waals surface area contributed by atoms with Crippen molar-refractivity contribution in [2.24, 2.45) is 11.3 Å². The maximum atomic E-state index is 12.7. The minimum absolute atomic E-state index is 0.190. The Morgan fingerprint density at radius 3 is 2.65 bits per heavy atom. The molecule has 20 heavy (non-hydrogen) atoms. The molecule has 110 valence electrons. The van der Waals surface area contributed by atoms with Gasteiger partial charge in [-0.2, -0.15) is 11.8 Å². The smallest absolute Gasteiger partial charge is 0.223 e. The molecule has 4 heteroatoms. The molecule has 1 saturated carbocycles. The number of carbonyl (C=O) groups is 1. The van der Waals surface area contributed by atoms with Gasteiger partial charge in [-0.1, -0.05) is 26.0 Å². The summed E-state index contributed by atoms with van der Waals surface area (Å²) in [5, 5.41) is 3.00. The summed E-state index contributed by atoms with van der Waals surface area (Å²) in [5.74, 6) is 2.13. The molecular weight excluding hydrogens is 273 g/mol. The molecule has 0 bridgehead atoms. The van der Waals surface area contributed by atoms with Crippen molar-refractivity contribution in [2.45, 2.75) is 32.4 Å². The van der Waals surface area contributed by atoms with Crippen LogP contribution in [-0.4, -0.2) is 18.2 Å². The number of rotatable bonds is 7. The minimum Gasteiger partial charge on any atom is -0.356 e. The van der Waals surface area contributed by atoms with E-state index in [1.165, 1.54) is 12.1 Å². The third-order valence-corrected chi connectivity index (χ3v) is 4.89. The maximum absolute atomic E-state index is 12.7. The number of nitrogens with one attached hydrogen (secondary N) is 1. The predicted octanol–water partition coefficient (Wildman–Crippen LogP) is 3.61. The van der Waals surface area contributed by atoms with Gasteiger partial charge in [0, 0.05) is 18.2 Å². The lowest BCUT2D eigenvalue weighted by molar-refractivity contribution is -0.122. The van der Waals surface area contributed by atoms with E-state index in [4.69, 9.17) is 0 Å². The molecule has 0 aliphatic heterocycles. The largest absolute Gasteiger partial charge is 0.356 e. The third kappa shape index (κ3) is 4.51. The molecule has 1 N–H and O–H groups in total. The number of thioether (sulfide) groups is 1. The van der Waals surface area contributed by atoms with E-state index in [2.05, 4.69) is 19.2 Å². The van der Waals surface area contributed by atoms with Crippen molar-refractivity contribution < 1.29 is 9.18 Å². The summed E-state index contributed by atoms with van der Waals surface area (Å²) < 4.78 is 12.7. The molecule has 1 atom stereocenters. The van der Waals surface area contributed by atoms with Gasteiger partial charge in [-0.25, -0.2) is 4.39 Å². The summed E-state index contributed by atoms with van der Waals surface area (Å²) >= 11 is 1.81. The van der Waals surface area contributed by atoms with Crippen molar-refractivity contribution in [3.8, 4) is 0 Å². The van der Waals surface area contributed by atoms with Crippen LogP contribution in [0.1, 0.15) is 32.3 Å². The van der Waals surface area contributed by atoms with E-state index >= 15 is 0 Å². The zero-order chi connectivity index (χ0) is 14.6. The molecular formula is C16H22FNOS. The number of benzene rings is 1. The summed E-state index contributed by atoms with van der Waals surface area (Å²) in [6, 6.07) is 6.62. The zero-order valence-electron chi connectivity index (χ0n) is 12.1. The highest BCUT2D eigenvalue weighted by Crippen LogP contribution is 2.51. The van der Waals surface area contributed by atoms with Crippen LogP contribution in [0.4, 0.5) is 4.39 Å². The fourth-order valence-electron chi connectivity index (χ4n) is 2.19. The molecule has 0 heterocycles. The van der Waals surface area contributed by atoms with Gasteiger partial charge in [-0.3, -0.25) is 4.79 Å². The standard InChI is InChI=1S/C16H22FNOS/c1-16(2)10-14(16)15(19)18-8-3-9-20-11-12-4-6-13(17)7-5-12/h4-7,14H,3,8-11H2,1-2H3,(H,18,19)/t14-/m0/s1. The molecule has 0 radical (unpaired) electrons. The fourth-order valence-corrected chi connectivity index (χ4v) is 3.12. The number of amides is 1. The number of halogens is 1. The maximum Gasteiger partial charge on any atom is 0.223 e. The first-order valence-electron chi connectivity index (χ1n) is 7.09. The quantitative estimate of drug-likeness (QED) is 0.779. The van der Waals surface area contributed by atoms with Gasteiger partial charge in [0.2, 0.25) is 5.91 Å². The molecule has 1 aliphatic carbocycles. The number of carbonyl (C=O) groups excluding carboxylic acids is 1. The summed E-state index contributed by atoms with van der Waals surface area (Å²) in [7, 11) is 0. The van der Waals surface area contributed by atoms with Gasteiger partial charge in [0.15, 0.2) is 0 Å². The van der Waals surface area contributed by atoms with E-state index < -0.39 is 0 Å². The van der Waals surface area contributed by atoms with Crippen molar-refractivity contribution in [2.75, 3.05) is 12.3 Å². The first-order chi connectivity index (χ1) is 9.49. The zero-order valence-corrected chi connectivity index (χ0v) is 12.9. The molecule has 2 rings (SSSR count). The average molecular weight is 295 g/mol. The van der Waals surface area contributed by atoms with Crippen LogP contribution in [-0.2, 0) is 10.5 Å². The summed E-state index contributed by atoms with van der Waals surface area (Å²) in [5.41, 5.74) is 1.35. The molecule has 1 fully saturated rings. The van der Waals surface area contributed by atoms with Crippen molar-refractivity contribution in [1.82, 2.24) is 5.32 Å². The lowest BCUT2D eigenvalue weighted by Crippen LogP contribution is -2.27. The predicted molar refractivity (Wildman–Crippen MR) is 82.1 cm³/mol. The van der Waals surface area contributed by atoms with E-state index in [1.807, 2.05) is 23.9 Å². The lowest BCUT2D eigenvalue weighted by atomic mass is 10.1. The second kappa shape index (κ2) is 6.61. The monoisotopic (exact) mass is 295 g/mol. The molecule has 1 aliphatic rings. The lowest BCUT2D eigenvalue weighted by Gasteiger charge is -2.06. The first kappa shape index (κ1) is 15.4. The van der Waals surface area contributed by atoms with Crippen LogP contribution in [0.5, 0.6) is 0 Å². The van der Waals surface area contributed by atoms with Gasteiger partial charge < -0.3 is 5.32 Å². The highest BCUT2D eigenvalue weighted by atomic mass is 32.2. The van der Waals surface area contributed by atoms with Gasteiger partial charge in [0.05, 0.1) is 0 Å². The Morgan fingerprint density at radius 1 is 1.40 bits per heavy atom.